The third kappa shape index (κ3) is 1.92. The maximum atomic E-state index is 12.0. The zero-order valence-corrected chi connectivity index (χ0v) is 11.7. The average Bonchev–Trinajstić information content (AvgIpc) is 2.63. The Balaban J connectivity index is 2.34. The van der Waals surface area contributed by atoms with Gasteiger partial charge in [0, 0.05) is 17.6 Å². The fourth-order valence-corrected chi connectivity index (χ4v) is 3.59. The van der Waals surface area contributed by atoms with Crippen molar-refractivity contribution in [3.05, 3.63) is 33.8 Å². The lowest BCUT2D eigenvalue weighted by Crippen LogP contribution is -2.32. The van der Waals surface area contributed by atoms with Gasteiger partial charge in [0.05, 0.1) is 5.25 Å². The molecule has 0 unspecified atom stereocenters. The van der Waals surface area contributed by atoms with E-state index in [1.54, 1.807) is 18.2 Å². The molecule has 3 nitrogen and oxygen atoms in total. The van der Waals surface area contributed by atoms with E-state index in [4.69, 9.17) is 0 Å². The Morgan fingerprint density at radius 1 is 1.31 bits per heavy atom. The zero-order valence-electron chi connectivity index (χ0n) is 9.27. The number of halogens is 1. The van der Waals surface area contributed by atoms with Gasteiger partial charge in [-0.3, -0.25) is 0 Å². The first-order chi connectivity index (χ1) is 7.43. The maximum absolute atomic E-state index is 12.0. The van der Waals surface area contributed by atoms with Crippen molar-refractivity contribution in [2.24, 2.45) is 0 Å². The van der Waals surface area contributed by atoms with E-state index in [-0.39, 0.29) is 5.25 Å². The van der Waals surface area contributed by atoms with Crippen LogP contribution in [-0.2, 0) is 23.1 Å². The van der Waals surface area contributed by atoms with Crippen LogP contribution < -0.4 is 0 Å². The maximum Gasteiger partial charge on any atom is 0.217 e. The molecule has 0 fully saturated rings. The molecule has 0 radical (unpaired) electrons. The Morgan fingerprint density at radius 3 is 2.56 bits per heavy atom. The standard InChI is InChI=1S/C11H14BrNO2S/c1-8(2)16(14,15)13-6-9-4-3-5-11(12)10(9)7-13/h3-5,8H,6-7H2,1-2H3. The summed E-state index contributed by atoms with van der Waals surface area (Å²) in [4.78, 5) is 0. The predicted octanol–water partition coefficient (Wildman–Crippen LogP) is 2.50. The van der Waals surface area contributed by atoms with Crippen molar-refractivity contribution >= 4 is 26.0 Å². The molecule has 0 saturated carbocycles. The molecule has 0 spiro atoms. The molecular formula is C11H14BrNO2S. The molecule has 1 aliphatic heterocycles. The summed E-state index contributed by atoms with van der Waals surface area (Å²) in [6, 6.07) is 5.87. The summed E-state index contributed by atoms with van der Waals surface area (Å²) in [5.41, 5.74) is 2.19. The van der Waals surface area contributed by atoms with Crippen molar-refractivity contribution in [2.45, 2.75) is 32.2 Å². The fraction of sp³-hybridized carbons (Fsp3) is 0.455. The van der Waals surface area contributed by atoms with E-state index >= 15 is 0 Å². The molecule has 1 aromatic rings. The van der Waals surface area contributed by atoms with Gasteiger partial charge in [-0.05, 0) is 31.0 Å². The minimum absolute atomic E-state index is 0.361. The number of hydrogen-bond donors (Lipinski definition) is 0. The molecule has 0 bridgehead atoms. The third-order valence-electron chi connectivity index (χ3n) is 2.85. The average molecular weight is 304 g/mol. The van der Waals surface area contributed by atoms with Gasteiger partial charge in [0.1, 0.15) is 0 Å². The Morgan fingerprint density at radius 2 is 2.00 bits per heavy atom. The van der Waals surface area contributed by atoms with Gasteiger partial charge in [-0.25, -0.2) is 8.42 Å². The number of sulfonamides is 1. The number of rotatable bonds is 2. The summed E-state index contributed by atoms with van der Waals surface area (Å²) in [5.74, 6) is 0. The van der Waals surface area contributed by atoms with Crippen molar-refractivity contribution in [1.29, 1.82) is 0 Å². The minimum atomic E-state index is -3.15. The number of hydrogen-bond acceptors (Lipinski definition) is 2. The van der Waals surface area contributed by atoms with Crippen LogP contribution in [0.5, 0.6) is 0 Å². The summed E-state index contributed by atoms with van der Waals surface area (Å²) < 4.78 is 26.6. The van der Waals surface area contributed by atoms with Gasteiger partial charge in [-0.15, -0.1) is 0 Å². The van der Waals surface area contributed by atoms with E-state index in [1.165, 1.54) is 0 Å². The Bertz CT molecular complexity index is 511. The van der Waals surface area contributed by atoms with Crippen LogP contribution in [0.4, 0.5) is 0 Å². The van der Waals surface area contributed by atoms with Crippen molar-refractivity contribution in [1.82, 2.24) is 4.31 Å². The number of nitrogens with zero attached hydrogens (tertiary/aromatic N) is 1. The molecular weight excluding hydrogens is 290 g/mol. The highest BCUT2D eigenvalue weighted by atomic mass is 79.9. The van der Waals surface area contributed by atoms with Crippen molar-refractivity contribution < 1.29 is 8.42 Å². The number of benzene rings is 1. The second kappa shape index (κ2) is 4.13. The van der Waals surface area contributed by atoms with Gasteiger partial charge < -0.3 is 0 Å². The van der Waals surface area contributed by atoms with Crippen LogP contribution in [0.15, 0.2) is 22.7 Å². The van der Waals surface area contributed by atoms with E-state index in [0.29, 0.717) is 13.1 Å². The topological polar surface area (TPSA) is 37.4 Å². The first kappa shape index (κ1) is 12.1. The minimum Gasteiger partial charge on any atom is -0.212 e. The second-order valence-corrected chi connectivity index (χ2v) is 7.58. The lowest BCUT2D eigenvalue weighted by molar-refractivity contribution is 0.425. The van der Waals surface area contributed by atoms with Crippen LogP contribution in [0.2, 0.25) is 0 Å². The van der Waals surface area contributed by atoms with Gasteiger partial charge in [0.2, 0.25) is 10.0 Å². The van der Waals surface area contributed by atoms with E-state index in [9.17, 15) is 8.42 Å². The SMILES string of the molecule is CC(C)S(=O)(=O)N1Cc2cccc(Br)c2C1. The fourth-order valence-electron chi connectivity index (χ4n) is 1.83. The zero-order chi connectivity index (χ0) is 11.9. The molecule has 0 atom stereocenters. The molecule has 1 aromatic carbocycles. The van der Waals surface area contributed by atoms with Crippen LogP contribution in [0.25, 0.3) is 0 Å². The highest BCUT2D eigenvalue weighted by molar-refractivity contribution is 9.10. The smallest absolute Gasteiger partial charge is 0.212 e. The second-order valence-electron chi connectivity index (χ2n) is 4.24. The molecule has 0 aliphatic carbocycles. The van der Waals surface area contributed by atoms with Crippen LogP contribution in [0, 0.1) is 0 Å². The molecule has 16 heavy (non-hydrogen) atoms. The van der Waals surface area contributed by atoms with Crippen LogP contribution in [0.3, 0.4) is 0 Å². The quantitative estimate of drug-likeness (QED) is 0.842. The first-order valence-electron chi connectivity index (χ1n) is 5.18. The summed E-state index contributed by atoms with van der Waals surface area (Å²) >= 11 is 3.46. The molecule has 5 heteroatoms. The highest BCUT2D eigenvalue weighted by Gasteiger charge is 2.32. The van der Waals surface area contributed by atoms with Crippen molar-refractivity contribution in [3.8, 4) is 0 Å². The highest BCUT2D eigenvalue weighted by Crippen LogP contribution is 2.31. The summed E-state index contributed by atoms with van der Waals surface area (Å²) in [5, 5.41) is -0.361. The molecule has 0 amide bonds. The van der Waals surface area contributed by atoms with Crippen LogP contribution in [-0.4, -0.2) is 18.0 Å². The van der Waals surface area contributed by atoms with Gasteiger partial charge >= 0.3 is 0 Å². The molecule has 0 saturated heterocycles. The molecule has 0 N–H and O–H groups in total. The molecule has 1 heterocycles. The Kier molecular flexibility index (Phi) is 3.11. The van der Waals surface area contributed by atoms with Gasteiger partial charge in [-0.1, -0.05) is 28.1 Å². The normalized spacial score (nSPS) is 16.8. The van der Waals surface area contributed by atoms with Gasteiger partial charge in [0.15, 0.2) is 0 Å². The third-order valence-corrected chi connectivity index (χ3v) is 5.77. The van der Waals surface area contributed by atoms with Crippen LogP contribution in [0.1, 0.15) is 25.0 Å². The van der Waals surface area contributed by atoms with Crippen molar-refractivity contribution in [2.75, 3.05) is 0 Å². The van der Waals surface area contributed by atoms with Gasteiger partial charge in [-0.2, -0.15) is 4.31 Å². The largest absolute Gasteiger partial charge is 0.217 e. The molecule has 0 aromatic heterocycles. The summed E-state index contributed by atoms with van der Waals surface area (Å²) in [6.07, 6.45) is 0. The van der Waals surface area contributed by atoms with Crippen LogP contribution >= 0.6 is 15.9 Å². The predicted molar refractivity (Wildman–Crippen MR) is 67.4 cm³/mol. The van der Waals surface area contributed by atoms with E-state index in [2.05, 4.69) is 15.9 Å². The Labute approximate surface area is 105 Å². The first-order valence-corrected chi connectivity index (χ1v) is 7.48. The summed E-state index contributed by atoms with van der Waals surface area (Å²) in [6.45, 7) is 4.41. The lowest BCUT2D eigenvalue weighted by atomic mass is 10.1. The molecule has 1 aliphatic rings. The Hall–Kier alpha value is -0.390. The van der Waals surface area contributed by atoms with E-state index in [1.807, 2.05) is 18.2 Å². The molecule has 88 valence electrons. The van der Waals surface area contributed by atoms with Gasteiger partial charge in [0.25, 0.3) is 0 Å². The lowest BCUT2D eigenvalue weighted by Gasteiger charge is -2.18. The monoisotopic (exact) mass is 303 g/mol. The van der Waals surface area contributed by atoms with Crippen molar-refractivity contribution in [3.63, 3.8) is 0 Å². The summed E-state index contributed by atoms with van der Waals surface area (Å²) in [7, 11) is -3.15. The molecule has 2 rings (SSSR count). The number of fused-ring (bicyclic) bond motifs is 1. The van der Waals surface area contributed by atoms with E-state index < -0.39 is 10.0 Å². The van der Waals surface area contributed by atoms with E-state index in [0.717, 1.165) is 15.6 Å².